The van der Waals surface area contributed by atoms with Gasteiger partial charge in [0.15, 0.2) is 5.78 Å². The maximum absolute atomic E-state index is 10.5. The third-order valence-corrected chi connectivity index (χ3v) is 1.39. The first kappa shape index (κ1) is 15.7. The van der Waals surface area contributed by atoms with E-state index >= 15 is 0 Å². The van der Waals surface area contributed by atoms with Crippen LogP contribution in [0.1, 0.15) is 0 Å². The Morgan fingerprint density at radius 1 is 1.14 bits per heavy atom. The summed E-state index contributed by atoms with van der Waals surface area (Å²) in [6, 6.07) is 0. The van der Waals surface area contributed by atoms with E-state index in [0.717, 1.165) is 0 Å². The van der Waals surface area contributed by atoms with E-state index < -0.39 is 37.3 Å². The zero-order chi connectivity index (χ0) is 11.7. The van der Waals surface area contributed by atoms with Crippen LogP contribution in [0.25, 0.3) is 0 Å². The van der Waals surface area contributed by atoms with Gasteiger partial charge < -0.3 is 25.5 Å². The summed E-state index contributed by atoms with van der Waals surface area (Å²) in [6.45, 7) is 4.31. The molecule has 0 aliphatic carbocycles. The maximum Gasteiger partial charge on any atom is 0.189 e. The number of aliphatic hydroxyl groups is 5. The largest absolute Gasteiger partial charge is 0.394 e. The molecule has 0 aromatic rings. The van der Waals surface area contributed by atoms with Crippen LogP contribution in [0.4, 0.5) is 0 Å². The maximum atomic E-state index is 10.5. The Morgan fingerprint density at radius 3 is 1.86 bits per heavy atom. The van der Waals surface area contributed by atoms with Gasteiger partial charge >= 0.3 is 0 Å². The second-order valence-electron chi connectivity index (χ2n) is 2.31. The van der Waals surface area contributed by atoms with E-state index in [1.165, 1.54) is 0 Å². The molecule has 0 aromatic carbocycles. The number of carbonyl (C=O) groups is 1. The third-order valence-electron chi connectivity index (χ3n) is 1.39. The van der Waals surface area contributed by atoms with Crippen LogP contribution >= 0.6 is 0 Å². The highest BCUT2D eigenvalue weighted by Gasteiger charge is 2.28. The zero-order valence-electron chi connectivity index (χ0n) is 7.70. The summed E-state index contributed by atoms with van der Waals surface area (Å²) in [5, 5.41) is 43.1. The minimum Gasteiger partial charge on any atom is -0.394 e. The molecule has 0 spiro atoms. The van der Waals surface area contributed by atoms with Crippen molar-refractivity contribution < 1.29 is 30.3 Å². The van der Waals surface area contributed by atoms with Crippen molar-refractivity contribution >= 4 is 5.78 Å². The van der Waals surface area contributed by atoms with Crippen LogP contribution in [0.5, 0.6) is 0 Å². The van der Waals surface area contributed by atoms with Gasteiger partial charge in [-0.2, -0.15) is 0 Å². The van der Waals surface area contributed by atoms with Crippen LogP contribution in [0.2, 0.25) is 0 Å². The molecule has 0 fully saturated rings. The monoisotopic (exact) mass is 208 g/mol. The van der Waals surface area contributed by atoms with Crippen molar-refractivity contribution in [3.8, 4) is 0 Å². The molecule has 6 nitrogen and oxygen atoms in total. The van der Waals surface area contributed by atoms with Crippen LogP contribution in [-0.2, 0) is 4.79 Å². The van der Waals surface area contributed by atoms with E-state index in [0.29, 0.717) is 0 Å². The molecule has 6 heteroatoms. The van der Waals surface area contributed by atoms with Gasteiger partial charge in [0.1, 0.15) is 24.9 Å². The molecule has 3 atom stereocenters. The molecule has 0 saturated heterocycles. The molecule has 0 amide bonds. The van der Waals surface area contributed by atoms with Crippen molar-refractivity contribution in [3.05, 3.63) is 13.2 Å². The van der Waals surface area contributed by atoms with Gasteiger partial charge in [-0.1, -0.05) is 0 Å². The molecule has 0 aliphatic rings. The van der Waals surface area contributed by atoms with Crippen molar-refractivity contribution in [2.45, 2.75) is 18.3 Å². The molecule has 5 N–H and O–H groups in total. The number of aliphatic hydroxyl groups excluding tert-OH is 5. The lowest BCUT2D eigenvalue weighted by Gasteiger charge is -2.19. The Kier molecular flexibility index (Phi) is 9.84. The van der Waals surface area contributed by atoms with Gasteiger partial charge in [-0.15, -0.1) is 13.2 Å². The average molecular weight is 208 g/mol. The molecule has 84 valence electrons. The van der Waals surface area contributed by atoms with Gasteiger partial charge in [0.05, 0.1) is 6.61 Å². The molecule has 0 heterocycles. The highest BCUT2D eigenvalue weighted by atomic mass is 16.4. The summed E-state index contributed by atoms with van der Waals surface area (Å²) >= 11 is 0. The van der Waals surface area contributed by atoms with Gasteiger partial charge in [0.2, 0.25) is 0 Å². The minimum absolute atomic E-state index is 0.767. The van der Waals surface area contributed by atoms with Crippen LogP contribution in [0, 0.1) is 0 Å². The first-order chi connectivity index (χ1) is 6.54. The molecular weight excluding hydrogens is 192 g/mol. The third kappa shape index (κ3) is 5.05. The molecule has 0 aliphatic heterocycles. The van der Waals surface area contributed by atoms with Crippen molar-refractivity contribution in [1.82, 2.24) is 0 Å². The van der Waals surface area contributed by atoms with Gasteiger partial charge in [-0.25, -0.2) is 0 Å². The molecule has 0 bridgehead atoms. The summed E-state index contributed by atoms with van der Waals surface area (Å²) in [4.78, 5) is 10.5. The second kappa shape index (κ2) is 8.79. The summed E-state index contributed by atoms with van der Waals surface area (Å²) < 4.78 is 0. The number of rotatable bonds is 5. The lowest BCUT2D eigenvalue weighted by molar-refractivity contribution is -0.142. The standard InChI is InChI=1S/C6H12O6.C2H4/c7-1-3(9)5(11)6(12)4(10)2-8;1-2/h3,5-9,11-12H,1-2H2;1-2H2/t3-,5-,6-;/m1./s1. The number of ketones is 1. The molecule has 0 radical (unpaired) electrons. The molecular formula is C8H16O6. The SMILES string of the molecule is C=C.O=C(CO)[C@@H](O)[C@H](O)[C@H](O)CO. The summed E-state index contributed by atoms with van der Waals surface area (Å²) in [5.41, 5.74) is 0. The Balaban J connectivity index is 0. The first-order valence-corrected chi connectivity index (χ1v) is 3.83. The lowest BCUT2D eigenvalue weighted by Crippen LogP contribution is -2.44. The van der Waals surface area contributed by atoms with Gasteiger partial charge in [0, 0.05) is 0 Å². The normalized spacial score (nSPS) is 16.1. The zero-order valence-corrected chi connectivity index (χ0v) is 7.70. The Morgan fingerprint density at radius 2 is 1.57 bits per heavy atom. The Hall–Kier alpha value is -0.790. The molecule has 0 saturated carbocycles. The highest BCUT2D eigenvalue weighted by Crippen LogP contribution is 2.00. The Labute approximate surface area is 81.7 Å². The topological polar surface area (TPSA) is 118 Å². The quantitative estimate of drug-likeness (QED) is 0.317. The van der Waals surface area contributed by atoms with Crippen molar-refractivity contribution in [1.29, 1.82) is 0 Å². The molecule has 14 heavy (non-hydrogen) atoms. The number of hydrogen-bond acceptors (Lipinski definition) is 6. The van der Waals surface area contributed by atoms with Gasteiger partial charge in [0.25, 0.3) is 0 Å². The molecule has 0 unspecified atom stereocenters. The van der Waals surface area contributed by atoms with Gasteiger partial charge in [-0.05, 0) is 0 Å². The summed E-state index contributed by atoms with van der Waals surface area (Å²) in [7, 11) is 0. The van der Waals surface area contributed by atoms with E-state index in [1.54, 1.807) is 0 Å². The van der Waals surface area contributed by atoms with Crippen LogP contribution in [0.3, 0.4) is 0 Å². The highest BCUT2D eigenvalue weighted by molar-refractivity contribution is 5.84. The van der Waals surface area contributed by atoms with Crippen molar-refractivity contribution in [2.24, 2.45) is 0 Å². The fourth-order valence-electron chi connectivity index (χ4n) is 0.602. The molecule has 0 rings (SSSR count). The van der Waals surface area contributed by atoms with Gasteiger partial charge in [-0.3, -0.25) is 4.79 Å². The molecule has 0 aromatic heterocycles. The first-order valence-electron chi connectivity index (χ1n) is 3.83. The summed E-state index contributed by atoms with van der Waals surface area (Å²) in [5.74, 6) is -1.00. The van der Waals surface area contributed by atoms with E-state index in [-0.39, 0.29) is 0 Å². The van der Waals surface area contributed by atoms with E-state index in [4.69, 9.17) is 25.5 Å². The number of hydrogen-bond donors (Lipinski definition) is 5. The van der Waals surface area contributed by atoms with Crippen molar-refractivity contribution in [2.75, 3.05) is 13.2 Å². The fraction of sp³-hybridized carbons (Fsp3) is 0.625. The minimum atomic E-state index is -1.86. The van der Waals surface area contributed by atoms with E-state index in [1.807, 2.05) is 0 Å². The van der Waals surface area contributed by atoms with Crippen molar-refractivity contribution in [3.63, 3.8) is 0 Å². The van der Waals surface area contributed by atoms with Crippen LogP contribution in [-0.4, -0.2) is 62.8 Å². The second-order valence-corrected chi connectivity index (χ2v) is 2.31. The van der Waals surface area contributed by atoms with E-state index in [9.17, 15) is 4.79 Å². The smallest absolute Gasteiger partial charge is 0.189 e. The average Bonchev–Trinajstić information content (AvgIpc) is 2.27. The predicted molar refractivity (Wildman–Crippen MR) is 48.5 cm³/mol. The Bertz CT molecular complexity index is 160. The summed E-state index contributed by atoms with van der Waals surface area (Å²) in [6.07, 6.45) is -5.22. The van der Waals surface area contributed by atoms with E-state index in [2.05, 4.69) is 13.2 Å². The predicted octanol–water partition coefficient (Wildman–Crippen LogP) is -2.57. The fourth-order valence-corrected chi connectivity index (χ4v) is 0.602. The lowest BCUT2D eigenvalue weighted by atomic mass is 10.1. The van der Waals surface area contributed by atoms with Crippen LogP contribution < -0.4 is 0 Å². The number of carbonyl (C=O) groups excluding carboxylic acids is 1. The van der Waals surface area contributed by atoms with Crippen LogP contribution in [0.15, 0.2) is 13.2 Å². The number of Topliss-reactive ketones (excluding diaryl/α,β-unsaturated/α-hetero) is 1.